The molecule has 94 valence electrons. The van der Waals surface area contributed by atoms with Gasteiger partial charge in [-0.15, -0.1) is 0 Å². The van der Waals surface area contributed by atoms with Gasteiger partial charge in [-0.05, 0) is 38.4 Å². The fourth-order valence-electron chi connectivity index (χ4n) is 2.54. The predicted molar refractivity (Wildman–Crippen MR) is 60.9 cm³/mol. The number of alkyl halides is 3. The Labute approximate surface area is 99.0 Å². The van der Waals surface area contributed by atoms with Gasteiger partial charge in [-0.25, -0.2) is 0 Å². The highest BCUT2D eigenvalue weighted by Gasteiger charge is 2.37. The van der Waals surface area contributed by atoms with Gasteiger partial charge in [-0.3, -0.25) is 0 Å². The molecule has 1 aromatic carbocycles. The van der Waals surface area contributed by atoms with Crippen molar-refractivity contribution in [3.05, 3.63) is 35.4 Å². The van der Waals surface area contributed by atoms with Crippen LogP contribution in [-0.4, -0.2) is 12.1 Å². The van der Waals surface area contributed by atoms with Crippen molar-refractivity contribution in [1.29, 1.82) is 0 Å². The zero-order chi connectivity index (χ0) is 12.7. The van der Waals surface area contributed by atoms with Gasteiger partial charge in [-0.2, -0.15) is 13.2 Å². The van der Waals surface area contributed by atoms with Gasteiger partial charge in [0.05, 0.1) is 5.56 Å². The first kappa shape index (κ1) is 12.4. The molecule has 1 aromatic rings. The monoisotopic (exact) mass is 243 g/mol. The average molecular weight is 243 g/mol. The van der Waals surface area contributed by atoms with Gasteiger partial charge in [0.15, 0.2) is 0 Å². The van der Waals surface area contributed by atoms with E-state index >= 15 is 0 Å². The lowest BCUT2D eigenvalue weighted by Gasteiger charge is -2.28. The summed E-state index contributed by atoms with van der Waals surface area (Å²) in [6.07, 6.45) is -3.37. The van der Waals surface area contributed by atoms with Crippen LogP contribution in [0.15, 0.2) is 24.3 Å². The Balaban J connectivity index is 2.34. The molecule has 1 atom stereocenters. The first-order valence-electron chi connectivity index (χ1n) is 5.73. The summed E-state index contributed by atoms with van der Waals surface area (Å²) in [6.45, 7) is 4.92. The average Bonchev–Trinajstić information content (AvgIpc) is 2.57. The zero-order valence-electron chi connectivity index (χ0n) is 9.93. The van der Waals surface area contributed by atoms with E-state index in [0.29, 0.717) is 0 Å². The molecule has 17 heavy (non-hydrogen) atoms. The number of hydrogen-bond acceptors (Lipinski definition) is 1. The van der Waals surface area contributed by atoms with Crippen molar-refractivity contribution in [2.75, 3.05) is 6.54 Å². The quantitative estimate of drug-likeness (QED) is 0.795. The summed E-state index contributed by atoms with van der Waals surface area (Å²) in [5.41, 5.74) is 0.0806. The molecule has 1 heterocycles. The Kier molecular flexibility index (Phi) is 2.94. The van der Waals surface area contributed by atoms with Gasteiger partial charge in [0.2, 0.25) is 0 Å². The molecule has 2 rings (SSSR count). The fraction of sp³-hybridized carbons (Fsp3) is 0.538. The largest absolute Gasteiger partial charge is 0.416 e. The van der Waals surface area contributed by atoms with Gasteiger partial charge >= 0.3 is 6.18 Å². The SMILES string of the molecule is CC1(C)NCC[C@@H]1c1cccc(C(F)(F)F)c1. The van der Waals surface area contributed by atoms with Crippen LogP contribution in [0.3, 0.4) is 0 Å². The normalized spacial score (nSPS) is 23.9. The lowest BCUT2D eigenvalue weighted by molar-refractivity contribution is -0.137. The highest BCUT2D eigenvalue weighted by atomic mass is 19.4. The highest BCUT2D eigenvalue weighted by Crippen LogP contribution is 2.38. The van der Waals surface area contributed by atoms with Gasteiger partial charge in [0.1, 0.15) is 0 Å². The van der Waals surface area contributed by atoms with E-state index < -0.39 is 11.7 Å². The molecular weight excluding hydrogens is 227 g/mol. The van der Waals surface area contributed by atoms with Crippen molar-refractivity contribution in [3.8, 4) is 0 Å². The molecule has 0 spiro atoms. The number of benzene rings is 1. The summed E-state index contributed by atoms with van der Waals surface area (Å²) in [5.74, 6) is 0.143. The van der Waals surface area contributed by atoms with Gasteiger partial charge in [0, 0.05) is 11.5 Å². The summed E-state index contributed by atoms with van der Waals surface area (Å²) in [7, 11) is 0. The van der Waals surface area contributed by atoms with E-state index in [2.05, 4.69) is 5.32 Å². The second-order valence-electron chi connectivity index (χ2n) is 5.11. The van der Waals surface area contributed by atoms with Crippen molar-refractivity contribution in [2.24, 2.45) is 0 Å². The molecule has 1 fully saturated rings. The van der Waals surface area contributed by atoms with Crippen LogP contribution < -0.4 is 5.32 Å². The topological polar surface area (TPSA) is 12.0 Å². The lowest BCUT2D eigenvalue weighted by atomic mass is 9.83. The smallest absolute Gasteiger partial charge is 0.311 e. The van der Waals surface area contributed by atoms with E-state index in [-0.39, 0.29) is 11.5 Å². The van der Waals surface area contributed by atoms with E-state index in [9.17, 15) is 13.2 Å². The third kappa shape index (κ3) is 2.46. The molecule has 1 aliphatic heterocycles. The molecular formula is C13H16F3N. The second-order valence-corrected chi connectivity index (χ2v) is 5.11. The molecule has 0 unspecified atom stereocenters. The molecule has 0 aliphatic carbocycles. The van der Waals surface area contributed by atoms with E-state index in [1.165, 1.54) is 12.1 Å². The molecule has 4 heteroatoms. The fourth-order valence-corrected chi connectivity index (χ4v) is 2.54. The van der Waals surface area contributed by atoms with Crippen LogP contribution >= 0.6 is 0 Å². The Morgan fingerprint density at radius 3 is 2.53 bits per heavy atom. The Hall–Kier alpha value is -1.03. The molecule has 1 nitrogen and oxygen atoms in total. The summed E-state index contributed by atoms with van der Waals surface area (Å²) in [5, 5.41) is 3.32. The molecule has 0 aromatic heterocycles. The summed E-state index contributed by atoms with van der Waals surface area (Å²) < 4.78 is 37.9. The second kappa shape index (κ2) is 4.02. The third-order valence-corrected chi connectivity index (χ3v) is 3.50. The van der Waals surface area contributed by atoms with Gasteiger partial charge in [0.25, 0.3) is 0 Å². The van der Waals surface area contributed by atoms with Crippen LogP contribution in [0.4, 0.5) is 13.2 Å². The van der Waals surface area contributed by atoms with E-state index in [1.807, 2.05) is 13.8 Å². The number of nitrogens with one attached hydrogen (secondary N) is 1. The standard InChI is InChI=1S/C13H16F3N/c1-12(2)11(6-7-17-12)9-4-3-5-10(8-9)13(14,15)16/h3-5,8,11,17H,6-7H2,1-2H3/t11-/m1/s1. The third-order valence-electron chi connectivity index (χ3n) is 3.50. The van der Waals surface area contributed by atoms with Crippen LogP contribution in [0.5, 0.6) is 0 Å². The first-order valence-corrected chi connectivity index (χ1v) is 5.73. The van der Waals surface area contributed by atoms with Crippen molar-refractivity contribution in [3.63, 3.8) is 0 Å². The molecule has 1 saturated heterocycles. The van der Waals surface area contributed by atoms with Crippen LogP contribution in [0.2, 0.25) is 0 Å². The minimum Gasteiger partial charge on any atom is -0.311 e. The lowest BCUT2D eigenvalue weighted by Crippen LogP contribution is -2.36. The van der Waals surface area contributed by atoms with Crippen molar-refractivity contribution < 1.29 is 13.2 Å². The van der Waals surface area contributed by atoms with Crippen LogP contribution in [0.25, 0.3) is 0 Å². The molecule has 0 radical (unpaired) electrons. The van der Waals surface area contributed by atoms with E-state index in [0.717, 1.165) is 24.6 Å². The highest BCUT2D eigenvalue weighted by molar-refractivity contribution is 5.31. The van der Waals surface area contributed by atoms with Crippen LogP contribution in [0, 0.1) is 0 Å². The predicted octanol–water partition coefficient (Wildman–Crippen LogP) is 3.56. The maximum atomic E-state index is 12.6. The molecule has 1 aliphatic rings. The minimum atomic E-state index is -4.26. The summed E-state index contributed by atoms with van der Waals surface area (Å²) >= 11 is 0. The molecule has 1 N–H and O–H groups in total. The van der Waals surface area contributed by atoms with E-state index in [1.54, 1.807) is 6.07 Å². The summed E-state index contributed by atoms with van der Waals surface area (Å²) in [4.78, 5) is 0. The van der Waals surface area contributed by atoms with Crippen molar-refractivity contribution >= 4 is 0 Å². The Morgan fingerprint density at radius 2 is 2.00 bits per heavy atom. The Bertz CT molecular complexity index is 409. The zero-order valence-corrected chi connectivity index (χ0v) is 9.93. The molecule has 0 saturated carbocycles. The number of rotatable bonds is 1. The first-order chi connectivity index (χ1) is 7.81. The molecule has 0 bridgehead atoms. The van der Waals surface area contributed by atoms with Crippen molar-refractivity contribution in [1.82, 2.24) is 5.32 Å². The van der Waals surface area contributed by atoms with E-state index in [4.69, 9.17) is 0 Å². The maximum Gasteiger partial charge on any atom is 0.416 e. The van der Waals surface area contributed by atoms with Crippen LogP contribution in [0.1, 0.15) is 37.3 Å². The van der Waals surface area contributed by atoms with Crippen molar-refractivity contribution in [2.45, 2.75) is 37.9 Å². The maximum absolute atomic E-state index is 12.6. The number of halogens is 3. The van der Waals surface area contributed by atoms with Gasteiger partial charge in [-0.1, -0.05) is 18.2 Å². The van der Waals surface area contributed by atoms with Gasteiger partial charge < -0.3 is 5.32 Å². The van der Waals surface area contributed by atoms with Crippen LogP contribution in [-0.2, 0) is 6.18 Å². The minimum absolute atomic E-state index is 0.135. The number of hydrogen-bond donors (Lipinski definition) is 1. The summed E-state index contributed by atoms with van der Waals surface area (Å²) in [6, 6.07) is 5.68. The molecule has 0 amide bonds. The Morgan fingerprint density at radius 1 is 1.29 bits per heavy atom.